The average Bonchev–Trinajstić information content (AvgIpc) is 2.10. The van der Waals surface area contributed by atoms with Crippen molar-refractivity contribution in [2.24, 2.45) is 5.41 Å². The fraction of sp³-hybridized carbons (Fsp3) is 0.545. The van der Waals surface area contributed by atoms with Gasteiger partial charge in [0.15, 0.2) is 0 Å². The van der Waals surface area contributed by atoms with E-state index in [-0.39, 0.29) is 12.6 Å². The number of hydrogen-bond donors (Lipinski definition) is 0. The van der Waals surface area contributed by atoms with Crippen LogP contribution in [0.1, 0.15) is 27.2 Å². The molecule has 0 unspecified atom stereocenters. The lowest BCUT2D eigenvalue weighted by Crippen LogP contribution is -2.26. The van der Waals surface area contributed by atoms with Crippen LogP contribution in [0.5, 0.6) is 0 Å². The lowest BCUT2D eigenvalue weighted by atomic mass is 9.89. The predicted octanol–water partition coefficient (Wildman–Crippen LogP) is 2.71. The van der Waals surface area contributed by atoms with Crippen LogP contribution in [0.25, 0.3) is 0 Å². The maximum atomic E-state index is 11.4. The second kappa shape index (κ2) is 5.57. The van der Waals surface area contributed by atoms with E-state index < -0.39 is 5.41 Å². The van der Waals surface area contributed by atoms with E-state index >= 15 is 0 Å². The lowest BCUT2D eigenvalue weighted by Gasteiger charge is -2.20. The summed E-state index contributed by atoms with van der Waals surface area (Å²) in [4.78, 5) is 11.4. The first kappa shape index (κ1) is 11.9. The summed E-state index contributed by atoms with van der Waals surface area (Å²) in [5.41, 5.74) is -0.435. The number of hydrogen-bond acceptors (Lipinski definition) is 2. The van der Waals surface area contributed by atoms with Gasteiger partial charge in [-0.25, -0.2) is 0 Å². The third-order valence-corrected chi connectivity index (χ3v) is 1.75. The van der Waals surface area contributed by atoms with E-state index in [4.69, 9.17) is 4.74 Å². The van der Waals surface area contributed by atoms with Gasteiger partial charge >= 0.3 is 5.97 Å². The Hall–Kier alpha value is -1.05. The Balaban J connectivity index is 4.09. The van der Waals surface area contributed by atoms with Crippen molar-refractivity contribution in [2.75, 3.05) is 6.61 Å². The van der Waals surface area contributed by atoms with Gasteiger partial charge in [-0.15, -0.1) is 0 Å². The fourth-order valence-electron chi connectivity index (χ4n) is 0.826. The highest BCUT2D eigenvalue weighted by Crippen LogP contribution is 2.22. The average molecular weight is 182 g/mol. The zero-order valence-electron chi connectivity index (χ0n) is 8.67. The summed E-state index contributed by atoms with van der Waals surface area (Å²) in [7, 11) is 0. The largest absolute Gasteiger partial charge is 0.461 e. The van der Waals surface area contributed by atoms with Gasteiger partial charge in [0.25, 0.3) is 0 Å². The minimum atomic E-state index is -0.435. The molecule has 13 heavy (non-hydrogen) atoms. The number of allylic oxidation sites excluding steroid dienone is 2. The summed E-state index contributed by atoms with van der Waals surface area (Å²) in [5.74, 6) is -0.175. The molecular weight excluding hydrogens is 164 g/mol. The molecular formula is C11H18O2. The van der Waals surface area contributed by atoms with Gasteiger partial charge in [0.05, 0.1) is 5.41 Å². The third kappa shape index (κ3) is 4.51. The molecule has 2 heteroatoms. The van der Waals surface area contributed by atoms with Crippen molar-refractivity contribution < 1.29 is 9.53 Å². The smallest absolute Gasteiger partial charge is 0.312 e. The summed E-state index contributed by atoms with van der Waals surface area (Å²) in [6, 6.07) is 0. The van der Waals surface area contributed by atoms with Crippen molar-refractivity contribution >= 4 is 5.97 Å². The topological polar surface area (TPSA) is 26.3 Å². The molecule has 0 heterocycles. The second-order valence-corrected chi connectivity index (χ2v) is 3.54. The van der Waals surface area contributed by atoms with Gasteiger partial charge in [-0.05, 0) is 27.2 Å². The zero-order chi connectivity index (χ0) is 10.3. The predicted molar refractivity (Wildman–Crippen MR) is 54.4 cm³/mol. The summed E-state index contributed by atoms with van der Waals surface area (Å²) in [6.07, 6.45) is 6.18. The summed E-state index contributed by atoms with van der Waals surface area (Å²) < 4.78 is 4.96. The van der Waals surface area contributed by atoms with E-state index in [0.29, 0.717) is 6.42 Å². The molecule has 0 atom stereocenters. The van der Waals surface area contributed by atoms with E-state index in [1.165, 1.54) is 0 Å². The molecule has 0 aliphatic carbocycles. The standard InChI is InChI=1S/C11H18O2/c1-5-7-8-11(3,4)10(12)13-9-6-2/h5-7H,2,8-9H2,1,3-4H3. The molecule has 0 aromatic carbocycles. The molecule has 0 radical (unpaired) electrons. The molecule has 0 aromatic heterocycles. The fourth-order valence-corrected chi connectivity index (χ4v) is 0.826. The quantitative estimate of drug-likeness (QED) is 0.482. The molecule has 0 fully saturated rings. The first-order valence-electron chi connectivity index (χ1n) is 4.44. The summed E-state index contributed by atoms with van der Waals surface area (Å²) in [6.45, 7) is 9.46. The van der Waals surface area contributed by atoms with Gasteiger partial charge in [0.1, 0.15) is 6.61 Å². The molecule has 2 nitrogen and oxygen atoms in total. The first-order valence-corrected chi connectivity index (χ1v) is 4.44. The summed E-state index contributed by atoms with van der Waals surface area (Å²) >= 11 is 0. The van der Waals surface area contributed by atoms with Crippen LogP contribution >= 0.6 is 0 Å². The minimum absolute atomic E-state index is 0.175. The number of carbonyl (C=O) groups excluding carboxylic acids is 1. The number of esters is 1. The van der Waals surface area contributed by atoms with E-state index in [0.717, 1.165) is 0 Å². The SMILES string of the molecule is C=CCOC(=O)C(C)(C)CC=CC. The summed E-state index contributed by atoms with van der Waals surface area (Å²) in [5, 5.41) is 0. The Labute approximate surface area is 80.3 Å². The highest BCUT2D eigenvalue weighted by molar-refractivity contribution is 5.76. The van der Waals surface area contributed by atoms with E-state index in [1.54, 1.807) is 6.08 Å². The molecule has 0 saturated carbocycles. The van der Waals surface area contributed by atoms with Crippen molar-refractivity contribution in [3.63, 3.8) is 0 Å². The second-order valence-electron chi connectivity index (χ2n) is 3.54. The van der Waals surface area contributed by atoms with Gasteiger partial charge in [-0.1, -0.05) is 24.8 Å². The highest BCUT2D eigenvalue weighted by Gasteiger charge is 2.27. The van der Waals surface area contributed by atoms with Crippen LogP contribution in [0.15, 0.2) is 24.8 Å². The maximum absolute atomic E-state index is 11.4. The molecule has 0 aliphatic heterocycles. The van der Waals surface area contributed by atoms with Crippen molar-refractivity contribution in [3.05, 3.63) is 24.8 Å². The van der Waals surface area contributed by atoms with Crippen LogP contribution in [0.3, 0.4) is 0 Å². The number of ether oxygens (including phenoxy) is 1. The van der Waals surface area contributed by atoms with Gasteiger partial charge in [0.2, 0.25) is 0 Å². The van der Waals surface area contributed by atoms with Gasteiger partial charge in [-0.3, -0.25) is 4.79 Å². The molecule has 0 bridgehead atoms. The maximum Gasteiger partial charge on any atom is 0.312 e. The van der Waals surface area contributed by atoms with Crippen LogP contribution in [0.4, 0.5) is 0 Å². The van der Waals surface area contributed by atoms with Gasteiger partial charge < -0.3 is 4.74 Å². The number of carbonyl (C=O) groups is 1. The molecule has 0 rings (SSSR count). The Bertz CT molecular complexity index is 202. The molecule has 0 amide bonds. The molecule has 0 spiro atoms. The number of rotatable bonds is 5. The molecule has 0 aliphatic rings. The Morgan fingerprint density at radius 3 is 2.62 bits per heavy atom. The van der Waals surface area contributed by atoms with Gasteiger partial charge in [-0.2, -0.15) is 0 Å². The first-order chi connectivity index (χ1) is 6.04. The Morgan fingerprint density at radius 1 is 1.54 bits per heavy atom. The van der Waals surface area contributed by atoms with Crippen molar-refractivity contribution in [1.82, 2.24) is 0 Å². The van der Waals surface area contributed by atoms with Gasteiger partial charge in [0, 0.05) is 0 Å². The molecule has 0 aromatic rings. The molecule has 0 saturated heterocycles. The van der Waals surface area contributed by atoms with E-state index in [2.05, 4.69) is 6.58 Å². The van der Waals surface area contributed by atoms with Crippen molar-refractivity contribution in [1.29, 1.82) is 0 Å². The van der Waals surface area contributed by atoms with Crippen LogP contribution in [0, 0.1) is 5.41 Å². The van der Waals surface area contributed by atoms with Crippen LogP contribution < -0.4 is 0 Å². The van der Waals surface area contributed by atoms with Crippen molar-refractivity contribution in [3.8, 4) is 0 Å². The Kier molecular flexibility index (Phi) is 5.12. The normalized spacial score (nSPS) is 11.6. The van der Waals surface area contributed by atoms with E-state index in [1.807, 2.05) is 32.9 Å². The van der Waals surface area contributed by atoms with Crippen LogP contribution in [0.2, 0.25) is 0 Å². The third-order valence-electron chi connectivity index (χ3n) is 1.75. The van der Waals surface area contributed by atoms with Crippen molar-refractivity contribution in [2.45, 2.75) is 27.2 Å². The van der Waals surface area contributed by atoms with Crippen LogP contribution in [-0.4, -0.2) is 12.6 Å². The zero-order valence-corrected chi connectivity index (χ0v) is 8.67. The highest BCUT2D eigenvalue weighted by atomic mass is 16.5. The molecule has 0 N–H and O–H groups in total. The monoisotopic (exact) mass is 182 g/mol. The minimum Gasteiger partial charge on any atom is -0.461 e. The molecule has 74 valence electrons. The lowest BCUT2D eigenvalue weighted by molar-refractivity contribution is -0.152. The Morgan fingerprint density at radius 2 is 2.15 bits per heavy atom. The van der Waals surface area contributed by atoms with Crippen LogP contribution in [-0.2, 0) is 9.53 Å². The van der Waals surface area contributed by atoms with E-state index in [9.17, 15) is 4.79 Å².